The number of alkyl halides is 3. The van der Waals surface area contributed by atoms with Crippen LogP contribution in [0.15, 0.2) is 60.7 Å². The Balaban J connectivity index is 1.51. The number of carbonyl (C=O) groups excluding carboxylic acids is 2. The van der Waals surface area contributed by atoms with Crippen LogP contribution in [0.25, 0.3) is 0 Å². The van der Waals surface area contributed by atoms with Crippen LogP contribution < -0.4 is 15.5 Å². The molecule has 3 aromatic carbocycles. The molecule has 0 bridgehead atoms. The predicted molar refractivity (Wildman–Crippen MR) is 139 cm³/mol. The first-order valence-electron chi connectivity index (χ1n) is 12.0. The Hall–Kier alpha value is -3.85. The second-order valence-electron chi connectivity index (χ2n) is 9.26. The van der Waals surface area contributed by atoms with Gasteiger partial charge in [0.05, 0.1) is 5.56 Å². The first kappa shape index (κ1) is 26.2. The Labute approximate surface area is 214 Å². The van der Waals surface area contributed by atoms with Crippen LogP contribution in [-0.2, 0) is 6.18 Å². The number of halogens is 3. The van der Waals surface area contributed by atoms with Gasteiger partial charge >= 0.3 is 6.18 Å². The fourth-order valence-electron chi connectivity index (χ4n) is 4.32. The van der Waals surface area contributed by atoms with Gasteiger partial charge in [-0.15, -0.1) is 0 Å². The Morgan fingerprint density at radius 3 is 2.24 bits per heavy atom. The molecule has 0 saturated carbocycles. The summed E-state index contributed by atoms with van der Waals surface area (Å²) in [5.41, 5.74) is 3.08. The molecule has 1 aliphatic rings. The Kier molecular flexibility index (Phi) is 7.54. The fraction of sp³-hybridized carbons (Fsp3) is 0.286. The van der Waals surface area contributed by atoms with Gasteiger partial charge in [0.15, 0.2) is 0 Å². The highest BCUT2D eigenvalue weighted by atomic mass is 19.4. The third kappa shape index (κ3) is 6.11. The SMILES string of the molecule is Cc1ccc(NC(=O)c2cccc(C(F)(F)F)c2)cc1NC(=O)c1cccc(N2CCN(C)CC2)c1C. The molecule has 9 heteroatoms. The predicted octanol–water partition coefficient (Wildman–Crippen LogP) is 5.58. The minimum absolute atomic E-state index is 0.114. The Bertz CT molecular complexity index is 1320. The minimum atomic E-state index is -4.54. The number of hydrogen-bond acceptors (Lipinski definition) is 4. The van der Waals surface area contributed by atoms with Crippen molar-refractivity contribution in [2.45, 2.75) is 20.0 Å². The van der Waals surface area contributed by atoms with Crippen molar-refractivity contribution in [3.8, 4) is 0 Å². The average Bonchev–Trinajstić information content (AvgIpc) is 2.86. The third-order valence-electron chi connectivity index (χ3n) is 6.59. The maximum atomic E-state index is 13.2. The molecule has 3 aromatic rings. The summed E-state index contributed by atoms with van der Waals surface area (Å²) in [4.78, 5) is 30.4. The molecule has 0 atom stereocenters. The lowest BCUT2D eigenvalue weighted by Crippen LogP contribution is -2.44. The maximum Gasteiger partial charge on any atom is 0.416 e. The summed E-state index contributed by atoms with van der Waals surface area (Å²) < 4.78 is 39.0. The molecule has 6 nitrogen and oxygen atoms in total. The van der Waals surface area contributed by atoms with E-state index in [1.54, 1.807) is 24.3 Å². The summed E-state index contributed by atoms with van der Waals surface area (Å²) in [6, 6.07) is 14.9. The van der Waals surface area contributed by atoms with Crippen LogP contribution in [0.2, 0.25) is 0 Å². The number of nitrogens with zero attached hydrogens (tertiary/aromatic N) is 2. The van der Waals surface area contributed by atoms with Gasteiger partial charge in [-0.3, -0.25) is 9.59 Å². The van der Waals surface area contributed by atoms with Gasteiger partial charge < -0.3 is 20.4 Å². The second-order valence-corrected chi connectivity index (χ2v) is 9.26. The van der Waals surface area contributed by atoms with Crippen molar-refractivity contribution in [2.24, 2.45) is 0 Å². The van der Waals surface area contributed by atoms with E-state index >= 15 is 0 Å². The van der Waals surface area contributed by atoms with E-state index in [1.165, 1.54) is 12.1 Å². The largest absolute Gasteiger partial charge is 0.416 e. The molecule has 194 valence electrons. The summed E-state index contributed by atoms with van der Waals surface area (Å²) in [6.07, 6.45) is -4.54. The molecule has 0 radical (unpaired) electrons. The van der Waals surface area contributed by atoms with E-state index in [9.17, 15) is 22.8 Å². The number of amides is 2. The van der Waals surface area contributed by atoms with Gasteiger partial charge in [-0.2, -0.15) is 13.2 Å². The van der Waals surface area contributed by atoms with E-state index in [2.05, 4.69) is 27.5 Å². The summed E-state index contributed by atoms with van der Waals surface area (Å²) in [5.74, 6) is -0.958. The van der Waals surface area contributed by atoms with Crippen molar-refractivity contribution in [1.29, 1.82) is 0 Å². The molecule has 0 aliphatic carbocycles. The Morgan fingerprint density at radius 2 is 1.54 bits per heavy atom. The van der Waals surface area contributed by atoms with Crippen molar-refractivity contribution in [3.05, 3.63) is 88.5 Å². The summed E-state index contributed by atoms with van der Waals surface area (Å²) in [7, 11) is 2.09. The van der Waals surface area contributed by atoms with Gasteiger partial charge in [0.2, 0.25) is 0 Å². The lowest BCUT2D eigenvalue weighted by Gasteiger charge is -2.35. The van der Waals surface area contributed by atoms with Gasteiger partial charge in [0.1, 0.15) is 0 Å². The van der Waals surface area contributed by atoms with Gasteiger partial charge in [-0.05, 0) is 74.5 Å². The van der Waals surface area contributed by atoms with E-state index < -0.39 is 17.6 Å². The van der Waals surface area contributed by atoms with Crippen LogP contribution in [0.5, 0.6) is 0 Å². The van der Waals surface area contributed by atoms with Gasteiger partial charge in [-0.1, -0.05) is 18.2 Å². The highest BCUT2D eigenvalue weighted by Gasteiger charge is 2.31. The van der Waals surface area contributed by atoms with Crippen LogP contribution in [0.3, 0.4) is 0 Å². The van der Waals surface area contributed by atoms with Crippen molar-refractivity contribution in [1.82, 2.24) is 4.90 Å². The fourth-order valence-corrected chi connectivity index (χ4v) is 4.32. The number of anilines is 3. The molecule has 37 heavy (non-hydrogen) atoms. The number of rotatable bonds is 5. The van der Waals surface area contributed by atoms with Gasteiger partial charge in [0, 0.05) is 54.4 Å². The first-order valence-corrected chi connectivity index (χ1v) is 12.0. The van der Waals surface area contributed by atoms with Crippen molar-refractivity contribution in [2.75, 3.05) is 48.8 Å². The summed E-state index contributed by atoms with van der Waals surface area (Å²) in [6.45, 7) is 7.43. The maximum absolute atomic E-state index is 13.2. The highest BCUT2D eigenvalue weighted by Crippen LogP contribution is 2.30. The van der Waals surface area contributed by atoms with Gasteiger partial charge in [-0.25, -0.2) is 0 Å². The average molecular weight is 511 g/mol. The molecular weight excluding hydrogens is 481 g/mol. The number of hydrogen-bond donors (Lipinski definition) is 2. The number of nitrogens with one attached hydrogen (secondary N) is 2. The lowest BCUT2D eigenvalue weighted by atomic mass is 10.0. The lowest BCUT2D eigenvalue weighted by molar-refractivity contribution is -0.137. The molecule has 1 heterocycles. The van der Waals surface area contributed by atoms with Crippen molar-refractivity contribution < 1.29 is 22.8 Å². The van der Waals surface area contributed by atoms with E-state index in [0.29, 0.717) is 16.9 Å². The van der Waals surface area contributed by atoms with Crippen LogP contribution in [0.1, 0.15) is 37.4 Å². The number of likely N-dealkylation sites (N-methyl/N-ethyl adjacent to an activating group) is 1. The first-order chi connectivity index (χ1) is 17.5. The zero-order chi connectivity index (χ0) is 26.7. The number of carbonyl (C=O) groups is 2. The topological polar surface area (TPSA) is 64.7 Å². The monoisotopic (exact) mass is 510 g/mol. The van der Waals surface area contributed by atoms with Crippen molar-refractivity contribution in [3.63, 3.8) is 0 Å². The molecule has 1 fully saturated rings. The highest BCUT2D eigenvalue weighted by molar-refractivity contribution is 6.08. The standard InChI is InChI=1S/C28H29F3N4O2/c1-18-10-11-22(32-26(36)20-6-4-7-21(16-20)28(29,30)31)17-24(18)33-27(37)23-8-5-9-25(19(23)2)35-14-12-34(3)13-15-35/h4-11,16-17H,12-15H2,1-3H3,(H,32,36)(H,33,37). The van der Waals surface area contributed by atoms with Crippen molar-refractivity contribution >= 4 is 28.9 Å². The van der Waals surface area contributed by atoms with Crippen LogP contribution >= 0.6 is 0 Å². The minimum Gasteiger partial charge on any atom is -0.369 e. The molecule has 0 aromatic heterocycles. The third-order valence-corrected chi connectivity index (χ3v) is 6.59. The number of piperazine rings is 1. The van der Waals surface area contributed by atoms with Crippen LogP contribution in [-0.4, -0.2) is 49.9 Å². The Morgan fingerprint density at radius 1 is 0.838 bits per heavy atom. The van der Waals surface area contributed by atoms with Crippen LogP contribution in [0, 0.1) is 13.8 Å². The summed E-state index contributed by atoms with van der Waals surface area (Å²) >= 11 is 0. The molecule has 1 saturated heterocycles. The molecular formula is C28H29F3N4O2. The molecule has 1 aliphatic heterocycles. The molecule has 4 rings (SSSR count). The van der Waals surface area contributed by atoms with Gasteiger partial charge in [0.25, 0.3) is 11.8 Å². The molecule has 2 amide bonds. The quantitative estimate of drug-likeness (QED) is 0.471. The molecule has 0 spiro atoms. The zero-order valence-corrected chi connectivity index (χ0v) is 20.9. The second kappa shape index (κ2) is 10.6. The molecule has 0 unspecified atom stereocenters. The molecule has 2 N–H and O–H groups in total. The zero-order valence-electron chi connectivity index (χ0n) is 20.9. The number of benzene rings is 3. The van der Waals surface area contributed by atoms with E-state index in [4.69, 9.17) is 0 Å². The number of aryl methyl sites for hydroxylation is 1. The van der Waals surface area contributed by atoms with E-state index in [1.807, 2.05) is 26.0 Å². The summed E-state index contributed by atoms with van der Waals surface area (Å²) in [5, 5.41) is 5.54. The van der Waals surface area contributed by atoms with E-state index in [0.717, 1.165) is 55.1 Å². The smallest absolute Gasteiger partial charge is 0.369 e. The van der Waals surface area contributed by atoms with E-state index in [-0.39, 0.29) is 11.5 Å². The normalized spacial score (nSPS) is 14.4. The van der Waals surface area contributed by atoms with Crippen LogP contribution in [0.4, 0.5) is 30.2 Å².